The molecular formula is C21H21F3N4O. The summed E-state index contributed by atoms with van der Waals surface area (Å²) in [4.78, 5) is 21.2. The quantitative estimate of drug-likeness (QED) is 0.662. The maximum absolute atomic E-state index is 14.5. The lowest BCUT2D eigenvalue weighted by Gasteiger charge is -2.20. The molecule has 1 saturated carbocycles. The van der Waals surface area contributed by atoms with Crippen molar-refractivity contribution in [2.75, 3.05) is 5.32 Å². The standard InChI is InChI=1S/C21H21F3N4O/c1-11-17-15(9-28(20(11)29)21(3)7-8-21)19(26-10-25-17)27-12(2)13-5-4-6-14(16(13)22)18(23)24/h4-6,9-10,12,18H,7-8H2,1-3H3,(H,25,26,27)/t12-/m0/s1. The minimum atomic E-state index is -2.89. The summed E-state index contributed by atoms with van der Waals surface area (Å²) in [6.07, 6.45) is 2.00. The van der Waals surface area contributed by atoms with Gasteiger partial charge in [-0.3, -0.25) is 4.79 Å². The van der Waals surface area contributed by atoms with Crippen molar-refractivity contribution < 1.29 is 13.2 Å². The molecule has 1 atom stereocenters. The molecule has 0 bridgehead atoms. The maximum Gasteiger partial charge on any atom is 0.266 e. The maximum atomic E-state index is 14.5. The number of halogens is 3. The van der Waals surface area contributed by atoms with E-state index in [9.17, 15) is 18.0 Å². The van der Waals surface area contributed by atoms with Gasteiger partial charge in [-0.2, -0.15) is 0 Å². The van der Waals surface area contributed by atoms with Crippen LogP contribution in [0.15, 0.2) is 35.5 Å². The van der Waals surface area contributed by atoms with Crippen molar-refractivity contribution in [3.63, 3.8) is 0 Å². The lowest BCUT2D eigenvalue weighted by Crippen LogP contribution is -2.29. The summed E-state index contributed by atoms with van der Waals surface area (Å²) < 4.78 is 42.3. The first kappa shape index (κ1) is 19.4. The molecule has 0 radical (unpaired) electrons. The van der Waals surface area contributed by atoms with Gasteiger partial charge in [0, 0.05) is 22.9 Å². The van der Waals surface area contributed by atoms with E-state index < -0.39 is 23.8 Å². The van der Waals surface area contributed by atoms with Crippen molar-refractivity contribution in [2.45, 2.75) is 51.6 Å². The third-order valence-corrected chi connectivity index (χ3v) is 5.71. The van der Waals surface area contributed by atoms with E-state index in [0.717, 1.165) is 18.9 Å². The highest BCUT2D eigenvalue weighted by molar-refractivity contribution is 5.90. The molecule has 0 amide bonds. The highest BCUT2D eigenvalue weighted by Crippen LogP contribution is 2.42. The van der Waals surface area contributed by atoms with Gasteiger partial charge < -0.3 is 9.88 Å². The topological polar surface area (TPSA) is 59.8 Å². The molecule has 5 nitrogen and oxygen atoms in total. The van der Waals surface area contributed by atoms with E-state index in [1.807, 2.05) is 6.92 Å². The number of pyridine rings is 1. The van der Waals surface area contributed by atoms with Crippen LogP contribution in [0.4, 0.5) is 19.0 Å². The van der Waals surface area contributed by atoms with Crippen molar-refractivity contribution >= 4 is 16.7 Å². The summed E-state index contributed by atoms with van der Waals surface area (Å²) in [5, 5.41) is 3.74. The molecule has 1 aromatic carbocycles. The number of anilines is 1. The number of hydrogen-bond acceptors (Lipinski definition) is 4. The van der Waals surface area contributed by atoms with Crippen LogP contribution < -0.4 is 10.9 Å². The summed E-state index contributed by atoms with van der Waals surface area (Å²) in [5.74, 6) is -0.509. The zero-order chi connectivity index (χ0) is 20.9. The Morgan fingerprint density at radius 1 is 1.21 bits per heavy atom. The van der Waals surface area contributed by atoms with Gasteiger partial charge in [-0.25, -0.2) is 23.1 Å². The predicted molar refractivity (Wildman–Crippen MR) is 105 cm³/mol. The average Bonchev–Trinajstić information content (AvgIpc) is 3.43. The molecule has 1 aliphatic rings. The fraction of sp³-hybridized carbons (Fsp3) is 0.381. The smallest absolute Gasteiger partial charge is 0.266 e. The highest BCUT2D eigenvalue weighted by atomic mass is 19.3. The Morgan fingerprint density at radius 3 is 2.55 bits per heavy atom. The number of nitrogens with one attached hydrogen (secondary N) is 1. The Morgan fingerprint density at radius 2 is 1.90 bits per heavy atom. The molecule has 29 heavy (non-hydrogen) atoms. The molecule has 0 saturated heterocycles. The Hall–Kier alpha value is -2.90. The highest BCUT2D eigenvalue weighted by Gasteiger charge is 2.40. The van der Waals surface area contributed by atoms with Crippen LogP contribution in [-0.2, 0) is 5.54 Å². The number of rotatable bonds is 5. The van der Waals surface area contributed by atoms with Crippen LogP contribution in [0.1, 0.15) is 55.8 Å². The average molecular weight is 402 g/mol. The molecule has 8 heteroatoms. The van der Waals surface area contributed by atoms with E-state index in [-0.39, 0.29) is 16.7 Å². The molecule has 0 unspecified atom stereocenters. The Balaban J connectivity index is 1.78. The number of nitrogens with zero attached hydrogens (tertiary/aromatic N) is 3. The van der Waals surface area contributed by atoms with Crippen molar-refractivity contribution in [2.24, 2.45) is 0 Å². The number of benzene rings is 1. The van der Waals surface area contributed by atoms with Gasteiger partial charge in [-0.05, 0) is 33.6 Å². The number of aromatic nitrogens is 3. The van der Waals surface area contributed by atoms with Gasteiger partial charge in [0.25, 0.3) is 12.0 Å². The summed E-state index contributed by atoms with van der Waals surface area (Å²) in [6.45, 7) is 5.41. The lowest BCUT2D eigenvalue weighted by molar-refractivity contribution is 0.146. The van der Waals surface area contributed by atoms with Crippen molar-refractivity contribution in [3.05, 3.63) is 63.6 Å². The summed E-state index contributed by atoms with van der Waals surface area (Å²) in [7, 11) is 0. The molecule has 1 aliphatic carbocycles. The first-order valence-electron chi connectivity index (χ1n) is 9.43. The molecule has 0 spiro atoms. The van der Waals surface area contributed by atoms with Crippen LogP contribution in [0.25, 0.3) is 10.9 Å². The summed E-state index contributed by atoms with van der Waals surface area (Å²) in [6, 6.07) is 3.33. The van der Waals surface area contributed by atoms with Crippen LogP contribution in [0.2, 0.25) is 0 Å². The van der Waals surface area contributed by atoms with E-state index in [2.05, 4.69) is 15.3 Å². The zero-order valence-corrected chi connectivity index (χ0v) is 16.3. The minimum Gasteiger partial charge on any atom is -0.363 e. The fourth-order valence-electron chi connectivity index (χ4n) is 3.58. The molecular weight excluding hydrogens is 381 g/mol. The SMILES string of the molecule is Cc1c(=O)n(C2(C)CC2)cc2c(N[C@@H](C)c3cccc(C(F)F)c3F)ncnc12. The lowest BCUT2D eigenvalue weighted by atomic mass is 10.0. The molecule has 0 aliphatic heterocycles. The molecule has 3 aromatic rings. The first-order chi connectivity index (χ1) is 13.7. The van der Waals surface area contributed by atoms with Crippen LogP contribution in [0.5, 0.6) is 0 Å². The molecule has 1 fully saturated rings. The van der Waals surface area contributed by atoms with E-state index >= 15 is 0 Å². The van der Waals surface area contributed by atoms with Crippen molar-refractivity contribution in [1.29, 1.82) is 0 Å². The minimum absolute atomic E-state index is 0.0918. The van der Waals surface area contributed by atoms with E-state index in [1.165, 1.54) is 18.5 Å². The molecule has 152 valence electrons. The largest absolute Gasteiger partial charge is 0.363 e. The second-order valence-corrected chi connectivity index (χ2v) is 7.83. The van der Waals surface area contributed by atoms with Gasteiger partial charge >= 0.3 is 0 Å². The fourth-order valence-corrected chi connectivity index (χ4v) is 3.58. The van der Waals surface area contributed by atoms with Crippen LogP contribution in [0.3, 0.4) is 0 Å². The van der Waals surface area contributed by atoms with Gasteiger partial charge in [0.1, 0.15) is 18.0 Å². The number of aryl methyl sites for hydroxylation is 1. The Bertz CT molecular complexity index is 1150. The van der Waals surface area contributed by atoms with Gasteiger partial charge in [0.2, 0.25) is 0 Å². The van der Waals surface area contributed by atoms with E-state index in [0.29, 0.717) is 22.3 Å². The second-order valence-electron chi connectivity index (χ2n) is 7.83. The monoisotopic (exact) mass is 402 g/mol. The normalized spacial score (nSPS) is 16.2. The van der Waals surface area contributed by atoms with E-state index in [1.54, 1.807) is 24.6 Å². The van der Waals surface area contributed by atoms with Gasteiger partial charge in [0.15, 0.2) is 0 Å². The van der Waals surface area contributed by atoms with E-state index in [4.69, 9.17) is 0 Å². The third kappa shape index (κ3) is 3.26. The summed E-state index contributed by atoms with van der Waals surface area (Å²) in [5.41, 5.74) is 0.211. The molecule has 1 N–H and O–H groups in total. The van der Waals surface area contributed by atoms with Gasteiger partial charge in [0.05, 0.1) is 22.5 Å². The summed E-state index contributed by atoms with van der Waals surface area (Å²) >= 11 is 0. The molecule has 2 aromatic heterocycles. The zero-order valence-electron chi connectivity index (χ0n) is 16.3. The number of alkyl halides is 2. The van der Waals surface area contributed by atoms with Crippen LogP contribution in [-0.4, -0.2) is 14.5 Å². The second kappa shape index (κ2) is 6.86. The molecule has 2 heterocycles. The van der Waals surface area contributed by atoms with Gasteiger partial charge in [-0.15, -0.1) is 0 Å². The number of fused-ring (bicyclic) bond motifs is 1. The molecule has 4 rings (SSSR count). The number of hydrogen-bond donors (Lipinski definition) is 1. The first-order valence-corrected chi connectivity index (χ1v) is 9.43. The predicted octanol–water partition coefficient (Wildman–Crippen LogP) is 4.86. The van der Waals surface area contributed by atoms with Gasteiger partial charge in [-0.1, -0.05) is 18.2 Å². The third-order valence-electron chi connectivity index (χ3n) is 5.71. The Labute approximate surface area is 165 Å². The van der Waals surface area contributed by atoms with Crippen molar-refractivity contribution in [3.8, 4) is 0 Å². The van der Waals surface area contributed by atoms with Crippen LogP contribution in [0, 0.1) is 12.7 Å². The van der Waals surface area contributed by atoms with Crippen LogP contribution >= 0.6 is 0 Å². The van der Waals surface area contributed by atoms with Crippen molar-refractivity contribution in [1.82, 2.24) is 14.5 Å². The Kier molecular flexibility index (Phi) is 4.59.